The molecule has 0 heterocycles. The quantitative estimate of drug-likeness (QED) is 0.374. The van der Waals surface area contributed by atoms with Crippen molar-refractivity contribution in [3.05, 3.63) is 51.6 Å². The molecule has 0 saturated carbocycles. The van der Waals surface area contributed by atoms with Gasteiger partial charge in [-0.05, 0) is 58.8 Å². The van der Waals surface area contributed by atoms with E-state index in [0.29, 0.717) is 18.0 Å². The first kappa shape index (κ1) is 19.0. The van der Waals surface area contributed by atoms with Gasteiger partial charge in [0.2, 0.25) is 0 Å². The van der Waals surface area contributed by atoms with Crippen molar-refractivity contribution in [1.82, 2.24) is 5.43 Å². The van der Waals surface area contributed by atoms with Crippen molar-refractivity contribution in [3.8, 4) is 11.5 Å². The number of nitrogens with zero attached hydrogens (tertiary/aromatic N) is 1. The van der Waals surface area contributed by atoms with Gasteiger partial charge in [-0.15, -0.1) is 0 Å². The van der Waals surface area contributed by atoms with Crippen molar-refractivity contribution < 1.29 is 14.3 Å². The molecule has 0 spiro atoms. The number of benzene rings is 2. The van der Waals surface area contributed by atoms with Crippen LogP contribution in [0, 0.1) is 3.57 Å². The second kappa shape index (κ2) is 9.87. The third kappa shape index (κ3) is 5.93. The van der Waals surface area contributed by atoms with Gasteiger partial charge in [0, 0.05) is 5.69 Å². The predicted molar refractivity (Wildman–Crippen MR) is 108 cm³/mol. The molecule has 0 unspecified atom stereocenters. The highest BCUT2D eigenvalue weighted by Crippen LogP contribution is 2.33. The molecule has 2 amide bonds. The zero-order valence-corrected chi connectivity index (χ0v) is 16.2. The van der Waals surface area contributed by atoms with Gasteiger partial charge < -0.3 is 14.8 Å². The van der Waals surface area contributed by atoms with Crippen LogP contribution in [-0.2, 0) is 0 Å². The summed E-state index contributed by atoms with van der Waals surface area (Å²) in [6, 6.07) is 12.5. The number of anilines is 1. The third-order valence-electron chi connectivity index (χ3n) is 3.11. The predicted octanol–water partition coefficient (Wildman–Crippen LogP) is 4.24. The van der Waals surface area contributed by atoms with Crippen molar-refractivity contribution >= 4 is 40.5 Å². The first-order chi connectivity index (χ1) is 12.1. The Kier molecular flexibility index (Phi) is 7.52. The minimum atomic E-state index is -0.410. The SMILES string of the molecule is CCCOc1c(I)cc(/C=N/NC(=O)Nc2ccccc2)cc1OC. The van der Waals surface area contributed by atoms with Crippen molar-refractivity contribution in [3.63, 3.8) is 0 Å². The number of para-hydroxylation sites is 1. The van der Waals surface area contributed by atoms with E-state index in [4.69, 9.17) is 9.47 Å². The Morgan fingerprint density at radius 3 is 2.72 bits per heavy atom. The lowest BCUT2D eigenvalue weighted by Crippen LogP contribution is -2.24. The smallest absolute Gasteiger partial charge is 0.339 e. The van der Waals surface area contributed by atoms with E-state index in [0.717, 1.165) is 21.3 Å². The molecule has 0 aliphatic heterocycles. The molecule has 2 aromatic rings. The molecular formula is C18H20IN3O3. The highest BCUT2D eigenvalue weighted by molar-refractivity contribution is 14.1. The molecule has 0 atom stereocenters. The summed E-state index contributed by atoms with van der Waals surface area (Å²) in [7, 11) is 1.59. The van der Waals surface area contributed by atoms with Crippen LogP contribution >= 0.6 is 22.6 Å². The summed E-state index contributed by atoms with van der Waals surface area (Å²) >= 11 is 2.19. The third-order valence-corrected chi connectivity index (χ3v) is 3.91. The Morgan fingerprint density at radius 1 is 1.28 bits per heavy atom. The number of rotatable bonds is 7. The summed E-state index contributed by atoms with van der Waals surface area (Å²) in [6.45, 7) is 2.67. The maximum absolute atomic E-state index is 11.8. The number of hydrogen-bond acceptors (Lipinski definition) is 4. The Labute approximate surface area is 160 Å². The van der Waals surface area contributed by atoms with Crippen molar-refractivity contribution in [2.45, 2.75) is 13.3 Å². The second-order valence-electron chi connectivity index (χ2n) is 5.07. The molecule has 0 aliphatic rings. The van der Waals surface area contributed by atoms with Crippen LogP contribution in [0.1, 0.15) is 18.9 Å². The van der Waals surface area contributed by atoms with Crippen LogP contribution in [0.15, 0.2) is 47.6 Å². The number of nitrogens with one attached hydrogen (secondary N) is 2. The highest BCUT2D eigenvalue weighted by atomic mass is 127. The molecule has 132 valence electrons. The van der Waals surface area contributed by atoms with E-state index in [9.17, 15) is 4.79 Å². The summed E-state index contributed by atoms with van der Waals surface area (Å²) in [4.78, 5) is 11.8. The molecule has 0 aromatic heterocycles. The number of ether oxygens (including phenoxy) is 2. The van der Waals surface area contributed by atoms with Crippen LogP contribution in [0.4, 0.5) is 10.5 Å². The van der Waals surface area contributed by atoms with E-state index < -0.39 is 6.03 Å². The Bertz CT molecular complexity index is 736. The van der Waals surface area contributed by atoms with Gasteiger partial charge in [-0.3, -0.25) is 0 Å². The summed E-state index contributed by atoms with van der Waals surface area (Å²) in [6.07, 6.45) is 2.47. The number of halogens is 1. The molecule has 2 N–H and O–H groups in total. The zero-order valence-electron chi connectivity index (χ0n) is 14.1. The summed E-state index contributed by atoms with van der Waals surface area (Å²) in [5.41, 5.74) is 3.92. The van der Waals surface area contributed by atoms with Crippen LogP contribution < -0.4 is 20.2 Å². The number of amides is 2. The topological polar surface area (TPSA) is 72.0 Å². The van der Waals surface area contributed by atoms with Gasteiger partial charge in [-0.2, -0.15) is 5.10 Å². The largest absolute Gasteiger partial charge is 0.493 e. The molecule has 0 saturated heterocycles. The molecular weight excluding hydrogens is 433 g/mol. The van der Waals surface area contributed by atoms with Crippen LogP contribution in [-0.4, -0.2) is 26.0 Å². The molecule has 0 bridgehead atoms. The summed E-state index contributed by atoms with van der Waals surface area (Å²) < 4.78 is 12.0. The fraction of sp³-hybridized carbons (Fsp3) is 0.222. The van der Waals surface area contributed by atoms with E-state index in [1.807, 2.05) is 37.3 Å². The fourth-order valence-electron chi connectivity index (χ4n) is 2.00. The van der Waals surface area contributed by atoms with Gasteiger partial charge in [-0.1, -0.05) is 25.1 Å². The van der Waals surface area contributed by atoms with Crippen LogP contribution in [0.25, 0.3) is 0 Å². The molecule has 25 heavy (non-hydrogen) atoms. The number of carbonyl (C=O) groups excluding carboxylic acids is 1. The summed E-state index contributed by atoms with van der Waals surface area (Å²) in [5.74, 6) is 1.35. The lowest BCUT2D eigenvalue weighted by atomic mass is 10.2. The average molecular weight is 453 g/mol. The second-order valence-corrected chi connectivity index (χ2v) is 6.23. The normalized spacial score (nSPS) is 10.5. The zero-order chi connectivity index (χ0) is 18.1. The van der Waals surface area contributed by atoms with E-state index in [1.54, 1.807) is 25.5 Å². The number of hydrazone groups is 1. The van der Waals surface area contributed by atoms with Crippen LogP contribution in [0.2, 0.25) is 0 Å². The van der Waals surface area contributed by atoms with E-state index >= 15 is 0 Å². The van der Waals surface area contributed by atoms with Gasteiger partial charge >= 0.3 is 6.03 Å². The van der Waals surface area contributed by atoms with Gasteiger partial charge in [0.05, 0.1) is 23.5 Å². The Hall–Kier alpha value is -2.29. The maximum atomic E-state index is 11.8. The Balaban J connectivity index is 2.00. The van der Waals surface area contributed by atoms with E-state index in [1.165, 1.54) is 0 Å². The average Bonchev–Trinajstić information content (AvgIpc) is 2.61. The molecule has 6 nitrogen and oxygen atoms in total. The molecule has 7 heteroatoms. The number of methoxy groups -OCH3 is 1. The number of carbonyl (C=O) groups is 1. The van der Waals surface area contributed by atoms with Gasteiger partial charge in [0.15, 0.2) is 11.5 Å². The molecule has 0 fully saturated rings. The summed E-state index contributed by atoms with van der Waals surface area (Å²) in [5, 5.41) is 6.64. The monoisotopic (exact) mass is 453 g/mol. The molecule has 2 aromatic carbocycles. The standard InChI is InChI=1S/C18H20IN3O3/c1-3-9-25-17-15(19)10-13(11-16(17)24-2)12-20-22-18(23)21-14-7-5-4-6-8-14/h4-8,10-12H,3,9H2,1-2H3,(H2,21,22,23)/b20-12+. The van der Waals surface area contributed by atoms with Crippen molar-refractivity contribution in [2.75, 3.05) is 19.0 Å². The van der Waals surface area contributed by atoms with Crippen LogP contribution in [0.5, 0.6) is 11.5 Å². The maximum Gasteiger partial charge on any atom is 0.339 e. The molecule has 2 rings (SSSR count). The van der Waals surface area contributed by atoms with Gasteiger partial charge in [-0.25, -0.2) is 10.2 Å². The lowest BCUT2D eigenvalue weighted by Gasteiger charge is -2.12. The van der Waals surface area contributed by atoms with Crippen molar-refractivity contribution in [2.24, 2.45) is 5.10 Å². The van der Waals surface area contributed by atoms with Crippen molar-refractivity contribution in [1.29, 1.82) is 0 Å². The molecule has 0 aliphatic carbocycles. The van der Waals surface area contributed by atoms with Gasteiger partial charge in [0.25, 0.3) is 0 Å². The Morgan fingerprint density at radius 2 is 2.04 bits per heavy atom. The van der Waals surface area contributed by atoms with E-state index in [-0.39, 0.29) is 0 Å². The minimum absolute atomic E-state index is 0.410. The minimum Gasteiger partial charge on any atom is -0.493 e. The number of urea groups is 1. The van der Waals surface area contributed by atoms with E-state index in [2.05, 4.69) is 38.4 Å². The first-order valence-corrected chi connectivity index (χ1v) is 8.87. The van der Waals surface area contributed by atoms with Gasteiger partial charge in [0.1, 0.15) is 0 Å². The molecule has 0 radical (unpaired) electrons. The van der Waals surface area contributed by atoms with Crippen LogP contribution in [0.3, 0.4) is 0 Å². The lowest BCUT2D eigenvalue weighted by molar-refractivity contribution is 0.252. The number of hydrogen-bond donors (Lipinski definition) is 2. The highest BCUT2D eigenvalue weighted by Gasteiger charge is 2.10. The fourth-order valence-corrected chi connectivity index (χ4v) is 2.79. The first-order valence-electron chi connectivity index (χ1n) is 7.79.